The molecule has 112 valence electrons. The first-order valence-corrected chi connectivity index (χ1v) is 7.22. The van der Waals surface area contributed by atoms with Gasteiger partial charge < -0.3 is 20.1 Å². The Bertz CT molecular complexity index is 276. The Morgan fingerprint density at radius 2 is 2.11 bits per heavy atom. The van der Waals surface area contributed by atoms with Crippen LogP contribution in [0.25, 0.3) is 0 Å². The van der Waals surface area contributed by atoms with Gasteiger partial charge in [0.05, 0.1) is 19.3 Å². The third kappa shape index (κ3) is 6.78. The van der Waals surface area contributed by atoms with E-state index in [0.717, 1.165) is 32.2 Å². The van der Waals surface area contributed by atoms with Crippen LogP contribution in [0.2, 0.25) is 0 Å². The molecule has 0 aromatic carbocycles. The molecular formula is C14H28N2O3. The molecular weight excluding hydrogens is 244 g/mol. The average Bonchev–Trinajstić information content (AvgIpc) is 2.33. The molecule has 5 heteroatoms. The molecule has 1 fully saturated rings. The summed E-state index contributed by atoms with van der Waals surface area (Å²) in [4.78, 5) is 13.7. The first-order valence-electron chi connectivity index (χ1n) is 7.22. The first-order chi connectivity index (χ1) is 8.92. The number of hydrogen-bond acceptors (Lipinski definition) is 4. The summed E-state index contributed by atoms with van der Waals surface area (Å²) in [5, 5.41) is 0. The lowest BCUT2D eigenvalue weighted by molar-refractivity contribution is -0.0451. The number of ether oxygens (including phenoxy) is 2. The molecule has 5 nitrogen and oxygen atoms in total. The van der Waals surface area contributed by atoms with Gasteiger partial charge in [0, 0.05) is 6.54 Å². The number of carbonyl (C=O) groups excluding carboxylic acids is 1. The van der Waals surface area contributed by atoms with Crippen molar-refractivity contribution in [3.63, 3.8) is 0 Å². The van der Waals surface area contributed by atoms with E-state index in [1.54, 1.807) is 4.90 Å². The fourth-order valence-electron chi connectivity index (χ4n) is 2.08. The minimum atomic E-state index is -0.438. The molecule has 1 atom stereocenters. The highest BCUT2D eigenvalue weighted by Crippen LogP contribution is 2.16. The Labute approximate surface area is 116 Å². The fraction of sp³-hybridized carbons (Fsp3) is 0.929. The molecule has 1 aliphatic heterocycles. The van der Waals surface area contributed by atoms with E-state index in [4.69, 9.17) is 15.2 Å². The lowest BCUT2D eigenvalue weighted by Crippen LogP contribution is -2.47. The van der Waals surface area contributed by atoms with Crippen LogP contribution in [0, 0.1) is 0 Å². The zero-order chi connectivity index (χ0) is 14.3. The number of carbonyl (C=O) groups is 1. The van der Waals surface area contributed by atoms with E-state index in [9.17, 15) is 4.79 Å². The summed E-state index contributed by atoms with van der Waals surface area (Å²) in [5.41, 5.74) is 5.03. The van der Waals surface area contributed by atoms with Crippen LogP contribution in [0.4, 0.5) is 4.79 Å². The Kier molecular flexibility index (Phi) is 6.58. The van der Waals surface area contributed by atoms with Crippen LogP contribution in [0.15, 0.2) is 0 Å². The standard InChI is InChI=1S/C14H28N2O3/c1-14(2,3)19-13(17)16-9-10-18-12(11-16)7-5-4-6-8-15/h12H,4-11,15H2,1-3H3/t12-/m1/s1. The number of unbranched alkanes of at least 4 members (excludes halogenated alkanes) is 2. The van der Waals surface area contributed by atoms with Crippen LogP contribution in [0.3, 0.4) is 0 Å². The van der Waals surface area contributed by atoms with Gasteiger partial charge in [0.1, 0.15) is 5.60 Å². The summed E-state index contributed by atoms with van der Waals surface area (Å²) in [5.74, 6) is 0. The van der Waals surface area contributed by atoms with Crippen LogP contribution in [-0.2, 0) is 9.47 Å². The number of rotatable bonds is 5. The van der Waals surface area contributed by atoms with E-state index < -0.39 is 5.60 Å². The van der Waals surface area contributed by atoms with Crippen molar-refractivity contribution < 1.29 is 14.3 Å². The van der Waals surface area contributed by atoms with Crippen molar-refractivity contribution in [2.75, 3.05) is 26.2 Å². The monoisotopic (exact) mass is 272 g/mol. The lowest BCUT2D eigenvalue weighted by atomic mass is 10.1. The van der Waals surface area contributed by atoms with Crippen molar-refractivity contribution in [2.24, 2.45) is 5.73 Å². The Morgan fingerprint density at radius 1 is 1.37 bits per heavy atom. The van der Waals surface area contributed by atoms with E-state index in [1.807, 2.05) is 20.8 Å². The molecule has 1 rings (SSSR count). The van der Waals surface area contributed by atoms with Gasteiger partial charge in [-0.25, -0.2) is 4.79 Å². The van der Waals surface area contributed by atoms with E-state index in [0.29, 0.717) is 19.7 Å². The number of nitrogens with zero attached hydrogens (tertiary/aromatic N) is 1. The predicted molar refractivity (Wildman–Crippen MR) is 75.1 cm³/mol. The molecule has 1 saturated heterocycles. The van der Waals surface area contributed by atoms with Crippen molar-refractivity contribution in [3.05, 3.63) is 0 Å². The number of nitrogens with two attached hydrogens (primary N) is 1. The van der Waals surface area contributed by atoms with Crippen LogP contribution >= 0.6 is 0 Å². The van der Waals surface area contributed by atoms with Gasteiger partial charge in [0.2, 0.25) is 0 Å². The Morgan fingerprint density at radius 3 is 2.74 bits per heavy atom. The van der Waals surface area contributed by atoms with Gasteiger partial charge in [0.15, 0.2) is 0 Å². The average molecular weight is 272 g/mol. The predicted octanol–water partition coefficient (Wildman–Crippen LogP) is 2.14. The third-order valence-corrected chi connectivity index (χ3v) is 3.02. The van der Waals surface area contributed by atoms with Gasteiger partial charge in [0.25, 0.3) is 0 Å². The molecule has 1 heterocycles. The second-order valence-electron chi connectivity index (χ2n) is 6.06. The summed E-state index contributed by atoms with van der Waals surface area (Å²) in [7, 11) is 0. The maximum absolute atomic E-state index is 12.0. The third-order valence-electron chi connectivity index (χ3n) is 3.02. The molecule has 0 radical (unpaired) electrons. The van der Waals surface area contributed by atoms with Gasteiger partial charge in [-0.05, 0) is 40.2 Å². The van der Waals surface area contributed by atoms with Crippen molar-refractivity contribution >= 4 is 6.09 Å². The van der Waals surface area contributed by atoms with Crippen LogP contribution in [0.5, 0.6) is 0 Å². The minimum Gasteiger partial charge on any atom is -0.444 e. The SMILES string of the molecule is CC(C)(C)OC(=O)N1CCO[C@H](CCCCCN)C1. The van der Waals surface area contributed by atoms with E-state index in [-0.39, 0.29) is 12.2 Å². The zero-order valence-electron chi connectivity index (χ0n) is 12.5. The van der Waals surface area contributed by atoms with Gasteiger partial charge in [-0.3, -0.25) is 0 Å². The molecule has 0 spiro atoms. The number of morpholine rings is 1. The maximum Gasteiger partial charge on any atom is 0.410 e. The minimum absolute atomic E-state index is 0.138. The van der Waals surface area contributed by atoms with Crippen LogP contribution in [0.1, 0.15) is 46.5 Å². The van der Waals surface area contributed by atoms with Crippen molar-refractivity contribution in [1.29, 1.82) is 0 Å². The van der Waals surface area contributed by atoms with Gasteiger partial charge in [-0.15, -0.1) is 0 Å². The number of amides is 1. The summed E-state index contributed by atoms with van der Waals surface area (Å²) in [6.07, 6.45) is 4.18. The Balaban J connectivity index is 2.31. The Hall–Kier alpha value is -0.810. The van der Waals surface area contributed by atoms with Gasteiger partial charge in [-0.2, -0.15) is 0 Å². The largest absolute Gasteiger partial charge is 0.444 e. The molecule has 0 bridgehead atoms. The molecule has 1 aliphatic rings. The van der Waals surface area contributed by atoms with Crippen LogP contribution < -0.4 is 5.73 Å². The van der Waals surface area contributed by atoms with E-state index in [1.165, 1.54) is 0 Å². The smallest absolute Gasteiger partial charge is 0.410 e. The fourth-order valence-corrected chi connectivity index (χ4v) is 2.08. The molecule has 19 heavy (non-hydrogen) atoms. The highest BCUT2D eigenvalue weighted by atomic mass is 16.6. The molecule has 2 N–H and O–H groups in total. The second kappa shape index (κ2) is 7.70. The molecule has 1 amide bonds. The summed E-state index contributed by atoms with van der Waals surface area (Å²) in [6, 6.07) is 0. The lowest BCUT2D eigenvalue weighted by Gasteiger charge is -2.34. The molecule has 0 saturated carbocycles. The van der Waals surface area contributed by atoms with E-state index >= 15 is 0 Å². The van der Waals surface area contributed by atoms with Crippen molar-refractivity contribution in [1.82, 2.24) is 4.90 Å². The topological polar surface area (TPSA) is 64.8 Å². The summed E-state index contributed by atoms with van der Waals surface area (Å²) >= 11 is 0. The van der Waals surface area contributed by atoms with Gasteiger partial charge in [-0.1, -0.05) is 12.8 Å². The van der Waals surface area contributed by atoms with Crippen LogP contribution in [-0.4, -0.2) is 48.9 Å². The van der Waals surface area contributed by atoms with E-state index in [2.05, 4.69) is 0 Å². The summed E-state index contributed by atoms with van der Waals surface area (Å²) < 4.78 is 11.1. The molecule has 0 aromatic rings. The quantitative estimate of drug-likeness (QED) is 0.779. The second-order valence-corrected chi connectivity index (χ2v) is 6.06. The highest BCUT2D eigenvalue weighted by molar-refractivity contribution is 5.68. The zero-order valence-corrected chi connectivity index (χ0v) is 12.5. The summed E-state index contributed by atoms with van der Waals surface area (Å²) in [6.45, 7) is 8.25. The number of hydrogen-bond donors (Lipinski definition) is 1. The molecule has 0 aromatic heterocycles. The van der Waals surface area contributed by atoms with Crippen molar-refractivity contribution in [2.45, 2.75) is 58.2 Å². The van der Waals surface area contributed by atoms with Gasteiger partial charge >= 0.3 is 6.09 Å². The maximum atomic E-state index is 12.0. The molecule has 0 aliphatic carbocycles. The molecule has 0 unspecified atom stereocenters. The van der Waals surface area contributed by atoms with Crippen molar-refractivity contribution in [3.8, 4) is 0 Å². The first kappa shape index (κ1) is 16.2. The highest BCUT2D eigenvalue weighted by Gasteiger charge is 2.27. The normalized spacial score (nSPS) is 20.4.